The topological polar surface area (TPSA) is 0 Å². The van der Waals surface area contributed by atoms with E-state index in [0.717, 1.165) is 41.4 Å². The molecule has 4 aliphatic carbocycles. The molecule has 27 heavy (non-hydrogen) atoms. The van der Waals surface area contributed by atoms with Crippen LogP contribution in [0.1, 0.15) is 118 Å². The zero-order chi connectivity index (χ0) is 19.2. The number of hydrogen-bond donors (Lipinski definition) is 0. The fourth-order valence-corrected chi connectivity index (χ4v) is 9.32. The Bertz CT molecular complexity index is 506. The molecule has 1 unspecified atom stereocenters. The normalized spacial score (nSPS) is 48.0. The quantitative estimate of drug-likeness (QED) is 0.453. The summed E-state index contributed by atoms with van der Waals surface area (Å²) < 4.78 is 0. The first-order chi connectivity index (χ1) is 12.9. The van der Waals surface area contributed by atoms with Crippen LogP contribution >= 0.6 is 0 Å². The van der Waals surface area contributed by atoms with Gasteiger partial charge in [0.2, 0.25) is 0 Å². The summed E-state index contributed by atoms with van der Waals surface area (Å²) in [6.45, 7) is 12.9. The first-order valence-electron chi connectivity index (χ1n) is 12.9. The zero-order valence-corrected chi connectivity index (χ0v) is 19.2. The van der Waals surface area contributed by atoms with Gasteiger partial charge in [0, 0.05) is 0 Å². The van der Waals surface area contributed by atoms with Crippen LogP contribution < -0.4 is 0 Å². The minimum absolute atomic E-state index is 0.677. The van der Waals surface area contributed by atoms with Crippen LogP contribution in [0.25, 0.3) is 0 Å². The van der Waals surface area contributed by atoms with E-state index in [4.69, 9.17) is 0 Å². The van der Waals surface area contributed by atoms with Gasteiger partial charge in [0.25, 0.3) is 0 Å². The molecule has 0 N–H and O–H groups in total. The molecule has 4 aliphatic rings. The molecule has 0 spiro atoms. The maximum atomic E-state index is 2.75. The Labute approximate surface area is 170 Å². The minimum Gasteiger partial charge on any atom is -0.0628 e. The minimum atomic E-state index is 0.677. The smallest absolute Gasteiger partial charge is 0.0264 e. The lowest BCUT2D eigenvalue weighted by Gasteiger charge is -2.61. The Hall–Kier alpha value is 0. The Kier molecular flexibility index (Phi) is 5.77. The Morgan fingerprint density at radius 1 is 0.741 bits per heavy atom. The van der Waals surface area contributed by atoms with Crippen molar-refractivity contribution in [1.82, 2.24) is 0 Å². The van der Waals surface area contributed by atoms with Crippen molar-refractivity contribution in [2.45, 2.75) is 118 Å². The summed E-state index contributed by atoms with van der Waals surface area (Å²) in [5.41, 5.74) is 1.39. The summed E-state index contributed by atoms with van der Waals surface area (Å²) in [7, 11) is 0. The fourth-order valence-electron chi connectivity index (χ4n) is 9.32. The van der Waals surface area contributed by atoms with Crippen LogP contribution in [0.4, 0.5) is 0 Å². The summed E-state index contributed by atoms with van der Waals surface area (Å²) in [5.74, 6) is 7.15. The Morgan fingerprint density at radius 2 is 1.52 bits per heavy atom. The van der Waals surface area contributed by atoms with E-state index in [2.05, 4.69) is 34.6 Å². The molecule has 0 nitrogen and oxygen atoms in total. The van der Waals surface area contributed by atoms with Crippen LogP contribution in [-0.4, -0.2) is 0 Å². The largest absolute Gasteiger partial charge is 0.0628 e. The van der Waals surface area contributed by atoms with Gasteiger partial charge in [-0.3, -0.25) is 0 Å². The van der Waals surface area contributed by atoms with Gasteiger partial charge in [0.1, 0.15) is 0 Å². The van der Waals surface area contributed by atoms with E-state index in [9.17, 15) is 0 Å². The third-order valence-electron chi connectivity index (χ3n) is 10.8. The number of rotatable bonds is 5. The van der Waals surface area contributed by atoms with E-state index in [1.54, 1.807) is 51.4 Å². The van der Waals surface area contributed by atoms with Crippen LogP contribution in [0.5, 0.6) is 0 Å². The molecule has 0 amide bonds. The average Bonchev–Trinajstić information content (AvgIpc) is 2.98. The third-order valence-corrected chi connectivity index (χ3v) is 10.8. The molecule has 0 heterocycles. The van der Waals surface area contributed by atoms with Crippen molar-refractivity contribution in [3.05, 3.63) is 0 Å². The fraction of sp³-hybridized carbons (Fsp3) is 1.00. The molecule has 0 aromatic carbocycles. The summed E-state index contributed by atoms with van der Waals surface area (Å²) in [6, 6.07) is 0. The van der Waals surface area contributed by atoms with Crippen molar-refractivity contribution in [2.75, 3.05) is 0 Å². The highest BCUT2D eigenvalue weighted by atomic mass is 14.6. The summed E-state index contributed by atoms with van der Waals surface area (Å²) >= 11 is 0. The van der Waals surface area contributed by atoms with Crippen LogP contribution in [-0.2, 0) is 0 Å². The maximum Gasteiger partial charge on any atom is -0.0264 e. The maximum absolute atomic E-state index is 2.75. The van der Waals surface area contributed by atoms with Gasteiger partial charge in [0.05, 0.1) is 0 Å². The average molecular weight is 373 g/mol. The van der Waals surface area contributed by atoms with Gasteiger partial charge in [-0.15, -0.1) is 0 Å². The second-order valence-electron chi connectivity index (χ2n) is 12.4. The van der Waals surface area contributed by atoms with Gasteiger partial charge in [-0.2, -0.15) is 0 Å². The van der Waals surface area contributed by atoms with Gasteiger partial charge < -0.3 is 0 Å². The molecule has 4 saturated carbocycles. The number of hydrogen-bond acceptors (Lipinski definition) is 0. The van der Waals surface area contributed by atoms with E-state index in [-0.39, 0.29) is 0 Å². The van der Waals surface area contributed by atoms with Crippen LogP contribution in [0.3, 0.4) is 0 Å². The monoisotopic (exact) mass is 372 g/mol. The van der Waals surface area contributed by atoms with Gasteiger partial charge in [0.15, 0.2) is 0 Å². The molecule has 0 bridgehead atoms. The molecule has 0 aliphatic heterocycles. The molecule has 4 fully saturated rings. The van der Waals surface area contributed by atoms with Crippen molar-refractivity contribution in [1.29, 1.82) is 0 Å². The molecule has 156 valence electrons. The molecular formula is C27H48. The lowest BCUT2D eigenvalue weighted by atomic mass is 9.44. The zero-order valence-electron chi connectivity index (χ0n) is 19.2. The molecule has 0 saturated heterocycles. The predicted molar refractivity (Wildman–Crippen MR) is 118 cm³/mol. The van der Waals surface area contributed by atoms with Crippen molar-refractivity contribution >= 4 is 0 Å². The molecule has 0 aromatic heterocycles. The SMILES string of the molecule is CC(C)CCC[C@@H](C)[C@H]1CC[C@H]2[C@@H]3CC[C@H]4CCCC[C@]4(C)C3CC[C@]12C. The van der Waals surface area contributed by atoms with Crippen molar-refractivity contribution < 1.29 is 0 Å². The molecule has 4 rings (SSSR count). The van der Waals surface area contributed by atoms with Gasteiger partial charge >= 0.3 is 0 Å². The van der Waals surface area contributed by atoms with Crippen LogP contribution in [0.2, 0.25) is 0 Å². The van der Waals surface area contributed by atoms with Crippen LogP contribution in [0.15, 0.2) is 0 Å². The molecular weight excluding hydrogens is 324 g/mol. The summed E-state index contributed by atoms with van der Waals surface area (Å²) in [4.78, 5) is 0. The highest BCUT2D eigenvalue weighted by Crippen LogP contribution is 2.68. The molecule has 0 heteroatoms. The summed E-state index contributed by atoms with van der Waals surface area (Å²) in [5, 5.41) is 0. The van der Waals surface area contributed by atoms with E-state index in [1.165, 1.54) is 32.1 Å². The standard InChI is InChI=1S/C27H48/c1-19(2)9-8-10-20(3)23-14-15-24-22-13-12-21-11-6-7-17-26(21,4)25(22)16-18-27(23,24)5/h19-25H,6-18H2,1-5H3/t20-,21-,22+,23-,24+,25?,26+,27-/m1/s1. The van der Waals surface area contributed by atoms with E-state index in [0.29, 0.717) is 10.8 Å². The lowest BCUT2D eigenvalue weighted by molar-refractivity contribution is -0.114. The van der Waals surface area contributed by atoms with Gasteiger partial charge in [-0.05, 0) is 104 Å². The van der Waals surface area contributed by atoms with E-state index >= 15 is 0 Å². The summed E-state index contributed by atoms with van der Waals surface area (Å²) in [6.07, 6.45) is 19.9. The predicted octanol–water partition coefficient (Wildman–Crippen LogP) is 8.50. The lowest BCUT2D eigenvalue weighted by Crippen LogP contribution is -2.53. The van der Waals surface area contributed by atoms with Crippen molar-refractivity contribution in [2.24, 2.45) is 52.3 Å². The Morgan fingerprint density at radius 3 is 2.30 bits per heavy atom. The van der Waals surface area contributed by atoms with Crippen molar-refractivity contribution in [3.8, 4) is 0 Å². The molecule has 0 radical (unpaired) electrons. The Balaban J connectivity index is 1.46. The van der Waals surface area contributed by atoms with Crippen LogP contribution in [0, 0.1) is 52.3 Å². The molecule has 8 atom stereocenters. The highest BCUT2D eigenvalue weighted by Gasteiger charge is 2.59. The second kappa shape index (κ2) is 7.68. The van der Waals surface area contributed by atoms with Gasteiger partial charge in [-0.1, -0.05) is 66.7 Å². The number of fused-ring (bicyclic) bond motifs is 5. The second-order valence-corrected chi connectivity index (χ2v) is 12.4. The molecule has 0 aromatic rings. The van der Waals surface area contributed by atoms with E-state index < -0.39 is 0 Å². The van der Waals surface area contributed by atoms with E-state index in [1.807, 2.05) is 0 Å². The first kappa shape index (κ1) is 20.3. The third kappa shape index (κ3) is 3.44. The van der Waals surface area contributed by atoms with Gasteiger partial charge in [-0.25, -0.2) is 0 Å². The van der Waals surface area contributed by atoms with Crippen molar-refractivity contribution in [3.63, 3.8) is 0 Å². The highest BCUT2D eigenvalue weighted by molar-refractivity contribution is 5.09. The first-order valence-corrected chi connectivity index (χ1v) is 12.9.